The Morgan fingerprint density at radius 3 is 2.69 bits per heavy atom. The molecule has 1 saturated heterocycles. The summed E-state index contributed by atoms with van der Waals surface area (Å²) in [7, 11) is 2.03. The summed E-state index contributed by atoms with van der Waals surface area (Å²) in [6.07, 6.45) is 3.32. The molecule has 0 aromatic heterocycles. The van der Waals surface area contributed by atoms with Gasteiger partial charge in [-0.2, -0.15) is 0 Å². The van der Waals surface area contributed by atoms with Crippen LogP contribution in [0.15, 0.2) is 0 Å². The second-order valence-corrected chi connectivity index (χ2v) is 3.48. The summed E-state index contributed by atoms with van der Waals surface area (Å²) < 4.78 is 5.34. The van der Waals surface area contributed by atoms with Crippen molar-refractivity contribution in [1.82, 2.24) is 5.32 Å². The van der Waals surface area contributed by atoms with Crippen LogP contribution in [0.3, 0.4) is 0 Å². The molecule has 0 spiro atoms. The van der Waals surface area contributed by atoms with Gasteiger partial charge in [-0.15, -0.1) is 11.8 Å². The van der Waals surface area contributed by atoms with Crippen LogP contribution in [0, 0.1) is 17.8 Å². The maximum atomic E-state index is 5.34. The zero-order valence-corrected chi connectivity index (χ0v) is 8.60. The van der Waals surface area contributed by atoms with Gasteiger partial charge < -0.3 is 10.1 Å². The Morgan fingerprint density at radius 1 is 1.46 bits per heavy atom. The molecule has 0 saturated carbocycles. The minimum absolute atomic E-state index is 0.552. The molecule has 0 bridgehead atoms. The van der Waals surface area contributed by atoms with Crippen molar-refractivity contribution in [1.29, 1.82) is 0 Å². The molecule has 0 aromatic rings. The molecule has 0 amide bonds. The molecule has 74 valence electrons. The summed E-state index contributed by atoms with van der Waals surface area (Å²) in [6.45, 7) is 3.74. The Labute approximate surface area is 81.0 Å². The standard InChI is InChI=1S/C11H19NO/c1-3-4-5-11(12-2)10-6-8-13-9-7-10/h10-12H,5-9H2,1-2H3. The van der Waals surface area contributed by atoms with Crippen molar-refractivity contribution in [2.24, 2.45) is 5.92 Å². The lowest BCUT2D eigenvalue weighted by atomic mass is 9.90. The van der Waals surface area contributed by atoms with Crippen LogP contribution in [0.25, 0.3) is 0 Å². The van der Waals surface area contributed by atoms with Crippen LogP contribution in [0.5, 0.6) is 0 Å². The summed E-state index contributed by atoms with van der Waals surface area (Å²) in [5.74, 6) is 6.84. The van der Waals surface area contributed by atoms with Crippen molar-refractivity contribution in [2.45, 2.75) is 32.2 Å². The lowest BCUT2D eigenvalue weighted by molar-refractivity contribution is 0.0553. The molecule has 1 rings (SSSR count). The van der Waals surface area contributed by atoms with Gasteiger partial charge in [0.15, 0.2) is 0 Å². The minimum atomic E-state index is 0.552. The number of hydrogen-bond donors (Lipinski definition) is 1. The normalized spacial score (nSPS) is 20.5. The van der Waals surface area contributed by atoms with E-state index < -0.39 is 0 Å². The average Bonchev–Trinajstić information content (AvgIpc) is 2.21. The van der Waals surface area contributed by atoms with E-state index in [2.05, 4.69) is 17.2 Å². The predicted molar refractivity (Wildman–Crippen MR) is 54.5 cm³/mol. The van der Waals surface area contributed by atoms with E-state index in [-0.39, 0.29) is 0 Å². The molecule has 0 aromatic carbocycles. The van der Waals surface area contributed by atoms with Crippen LogP contribution in [-0.2, 0) is 4.74 Å². The zero-order chi connectivity index (χ0) is 9.52. The maximum Gasteiger partial charge on any atom is 0.0469 e. The van der Waals surface area contributed by atoms with E-state index in [1.165, 1.54) is 12.8 Å². The largest absolute Gasteiger partial charge is 0.381 e. The molecular weight excluding hydrogens is 162 g/mol. The van der Waals surface area contributed by atoms with E-state index in [1.54, 1.807) is 0 Å². The highest BCUT2D eigenvalue weighted by molar-refractivity contribution is 4.99. The van der Waals surface area contributed by atoms with E-state index in [4.69, 9.17) is 4.74 Å². The summed E-state index contributed by atoms with van der Waals surface area (Å²) >= 11 is 0. The van der Waals surface area contributed by atoms with E-state index in [1.807, 2.05) is 14.0 Å². The van der Waals surface area contributed by atoms with Crippen molar-refractivity contribution >= 4 is 0 Å². The molecule has 2 heteroatoms. The fourth-order valence-electron chi connectivity index (χ4n) is 1.83. The van der Waals surface area contributed by atoms with E-state index in [0.29, 0.717) is 6.04 Å². The van der Waals surface area contributed by atoms with E-state index >= 15 is 0 Å². The van der Waals surface area contributed by atoms with Crippen molar-refractivity contribution in [3.8, 4) is 11.8 Å². The fraction of sp³-hybridized carbons (Fsp3) is 0.818. The van der Waals surface area contributed by atoms with Gasteiger partial charge in [-0.05, 0) is 32.7 Å². The van der Waals surface area contributed by atoms with Gasteiger partial charge in [-0.25, -0.2) is 0 Å². The molecule has 1 unspecified atom stereocenters. The number of rotatable bonds is 3. The first-order valence-corrected chi connectivity index (χ1v) is 5.03. The lowest BCUT2D eigenvalue weighted by Crippen LogP contribution is -2.36. The first kappa shape index (κ1) is 10.6. The molecule has 2 nitrogen and oxygen atoms in total. The Balaban J connectivity index is 2.37. The van der Waals surface area contributed by atoms with Gasteiger partial charge in [0.25, 0.3) is 0 Å². The number of hydrogen-bond acceptors (Lipinski definition) is 2. The van der Waals surface area contributed by atoms with Gasteiger partial charge in [-0.1, -0.05) is 0 Å². The van der Waals surface area contributed by atoms with Gasteiger partial charge in [0.2, 0.25) is 0 Å². The third-order valence-electron chi connectivity index (χ3n) is 2.70. The lowest BCUT2D eigenvalue weighted by Gasteiger charge is -2.28. The Bertz CT molecular complexity index is 186. The van der Waals surface area contributed by atoms with Crippen molar-refractivity contribution in [3.05, 3.63) is 0 Å². The number of nitrogens with one attached hydrogen (secondary N) is 1. The summed E-state index contributed by atoms with van der Waals surface area (Å²) in [4.78, 5) is 0. The van der Waals surface area contributed by atoms with Crippen LogP contribution in [0.4, 0.5) is 0 Å². The third-order valence-corrected chi connectivity index (χ3v) is 2.70. The van der Waals surface area contributed by atoms with Crippen LogP contribution in [0.2, 0.25) is 0 Å². The molecule has 1 fully saturated rings. The Hall–Kier alpha value is -0.520. The van der Waals surface area contributed by atoms with E-state index in [9.17, 15) is 0 Å². The summed E-state index contributed by atoms with van der Waals surface area (Å²) in [5.41, 5.74) is 0. The maximum absolute atomic E-state index is 5.34. The quantitative estimate of drug-likeness (QED) is 0.665. The van der Waals surface area contributed by atoms with Gasteiger partial charge in [0, 0.05) is 25.7 Å². The highest BCUT2D eigenvalue weighted by Crippen LogP contribution is 2.20. The zero-order valence-electron chi connectivity index (χ0n) is 8.60. The second kappa shape index (κ2) is 6.01. The molecular formula is C11H19NO. The van der Waals surface area contributed by atoms with Crippen LogP contribution < -0.4 is 5.32 Å². The molecule has 0 aliphatic carbocycles. The molecule has 13 heavy (non-hydrogen) atoms. The summed E-state index contributed by atoms with van der Waals surface area (Å²) in [6, 6.07) is 0.552. The van der Waals surface area contributed by atoms with Crippen LogP contribution in [-0.4, -0.2) is 26.3 Å². The highest BCUT2D eigenvalue weighted by atomic mass is 16.5. The number of ether oxygens (including phenoxy) is 1. The predicted octanol–water partition coefficient (Wildman–Crippen LogP) is 1.41. The molecule has 0 radical (unpaired) electrons. The van der Waals surface area contributed by atoms with Crippen LogP contribution in [0.1, 0.15) is 26.2 Å². The average molecular weight is 181 g/mol. The van der Waals surface area contributed by atoms with Crippen LogP contribution >= 0.6 is 0 Å². The first-order chi connectivity index (χ1) is 6.38. The van der Waals surface area contributed by atoms with Crippen molar-refractivity contribution in [2.75, 3.05) is 20.3 Å². The van der Waals surface area contributed by atoms with Crippen molar-refractivity contribution < 1.29 is 4.74 Å². The fourth-order valence-corrected chi connectivity index (χ4v) is 1.83. The topological polar surface area (TPSA) is 21.3 Å². The molecule has 1 aliphatic heterocycles. The molecule has 1 heterocycles. The molecule has 1 N–H and O–H groups in total. The third kappa shape index (κ3) is 3.38. The molecule has 1 atom stereocenters. The van der Waals surface area contributed by atoms with Gasteiger partial charge in [0.05, 0.1) is 0 Å². The Kier molecular flexibility index (Phi) is 4.88. The SMILES string of the molecule is CC#CCC(NC)C1CCOCC1. The first-order valence-electron chi connectivity index (χ1n) is 5.03. The summed E-state index contributed by atoms with van der Waals surface area (Å²) in [5, 5.41) is 3.35. The van der Waals surface area contributed by atoms with E-state index in [0.717, 1.165) is 25.6 Å². The minimum Gasteiger partial charge on any atom is -0.381 e. The highest BCUT2D eigenvalue weighted by Gasteiger charge is 2.21. The van der Waals surface area contributed by atoms with Gasteiger partial charge >= 0.3 is 0 Å². The second-order valence-electron chi connectivity index (χ2n) is 3.48. The van der Waals surface area contributed by atoms with Gasteiger partial charge in [-0.3, -0.25) is 0 Å². The monoisotopic (exact) mass is 181 g/mol. The molecule has 1 aliphatic rings. The smallest absolute Gasteiger partial charge is 0.0469 e. The van der Waals surface area contributed by atoms with Crippen molar-refractivity contribution in [3.63, 3.8) is 0 Å². The van der Waals surface area contributed by atoms with Gasteiger partial charge in [0.1, 0.15) is 0 Å². The Morgan fingerprint density at radius 2 is 2.15 bits per heavy atom.